The van der Waals surface area contributed by atoms with E-state index in [-0.39, 0.29) is 16.5 Å². The number of ether oxygens (including phenoxy) is 1. The van der Waals surface area contributed by atoms with Gasteiger partial charge in [-0.15, -0.1) is 0 Å². The zero-order chi connectivity index (χ0) is 24.1. The van der Waals surface area contributed by atoms with Crippen LogP contribution in [0.4, 0.5) is 11.4 Å². The first-order chi connectivity index (χ1) is 16.3. The number of nitrogens with zero attached hydrogens (tertiary/aromatic N) is 2. The topological polar surface area (TPSA) is 79.3 Å². The molecule has 3 aromatic carbocycles. The smallest absolute Gasteiger partial charge is 0.266 e. The average molecular weight is 520 g/mol. The molecule has 0 bridgehead atoms. The largest absolute Gasteiger partial charge is 0.504 e. The molecule has 2 saturated heterocycles. The van der Waals surface area contributed by atoms with Crippen molar-refractivity contribution < 1.29 is 24.3 Å². The fraction of sp³-hybridized carbons (Fsp3) is 0.167. The summed E-state index contributed by atoms with van der Waals surface area (Å²) in [5.41, 5.74) is 1.54. The number of imide groups is 1. The molecular weight excluding hydrogens is 503 g/mol. The maximum absolute atomic E-state index is 13.7. The lowest BCUT2D eigenvalue weighted by atomic mass is 9.90. The molecule has 5 rings (SSSR count). The van der Waals surface area contributed by atoms with Crippen molar-refractivity contribution in [1.29, 1.82) is 0 Å². The number of carbonyl (C=O) groups is 2. The number of halogens is 3. The van der Waals surface area contributed by atoms with Crippen molar-refractivity contribution in [1.82, 2.24) is 0 Å². The van der Waals surface area contributed by atoms with Gasteiger partial charge in [0, 0.05) is 5.02 Å². The molecular formula is C24H17Cl3N2O5. The Bertz CT molecular complexity index is 1300. The maximum atomic E-state index is 13.7. The minimum atomic E-state index is -1.07. The van der Waals surface area contributed by atoms with Crippen molar-refractivity contribution in [2.45, 2.75) is 12.1 Å². The molecule has 174 valence electrons. The molecule has 0 aromatic heterocycles. The van der Waals surface area contributed by atoms with E-state index in [1.165, 1.54) is 30.4 Å². The number of hydrogen-bond donors (Lipinski definition) is 1. The Labute approximate surface area is 209 Å². The highest BCUT2D eigenvalue weighted by atomic mass is 35.5. The molecule has 1 N–H and O–H groups in total. The van der Waals surface area contributed by atoms with Crippen LogP contribution in [0.2, 0.25) is 15.1 Å². The molecule has 2 amide bonds. The number of aromatic hydroxyl groups is 1. The van der Waals surface area contributed by atoms with Gasteiger partial charge in [-0.3, -0.25) is 14.4 Å². The second-order valence-corrected chi connectivity index (χ2v) is 9.09. The molecule has 0 spiro atoms. The van der Waals surface area contributed by atoms with Crippen LogP contribution in [0, 0.1) is 5.92 Å². The highest BCUT2D eigenvalue weighted by molar-refractivity contribution is 6.42. The Morgan fingerprint density at radius 3 is 2.26 bits per heavy atom. The van der Waals surface area contributed by atoms with Gasteiger partial charge in [0.2, 0.25) is 5.91 Å². The molecule has 2 aliphatic rings. The van der Waals surface area contributed by atoms with Crippen LogP contribution in [0.25, 0.3) is 0 Å². The zero-order valence-corrected chi connectivity index (χ0v) is 19.9. The van der Waals surface area contributed by atoms with Crippen molar-refractivity contribution in [2.24, 2.45) is 5.92 Å². The summed E-state index contributed by atoms with van der Waals surface area (Å²) in [4.78, 5) is 34.2. The lowest BCUT2D eigenvalue weighted by Crippen LogP contribution is -2.37. The van der Waals surface area contributed by atoms with Crippen LogP contribution in [-0.2, 0) is 14.4 Å². The Kier molecular flexibility index (Phi) is 5.81. The van der Waals surface area contributed by atoms with E-state index >= 15 is 0 Å². The van der Waals surface area contributed by atoms with Gasteiger partial charge in [0.05, 0.1) is 34.6 Å². The predicted octanol–water partition coefficient (Wildman–Crippen LogP) is 5.41. The van der Waals surface area contributed by atoms with Crippen LogP contribution < -0.4 is 14.7 Å². The first kappa shape index (κ1) is 22.8. The highest BCUT2D eigenvalue weighted by Gasteiger charge is 2.60. The molecule has 2 aliphatic heterocycles. The highest BCUT2D eigenvalue weighted by Crippen LogP contribution is 2.49. The van der Waals surface area contributed by atoms with Gasteiger partial charge in [0.25, 0.3) is 5.91 Å². The lowest BCUT2D eigenvalue weighted by Gasteiger charge is -2.29. The summed E-state index contributed by atoms with van der Waals surface area (Å²) in [7, 11) is 1.43. The molecule has 0 radical (unpaired) electrons. The number of carbonyl (C=O) groups excluding carboxylic acids is 2. The second-order valence-electron chi connectivity index (χ2n) is 7.84. The van der Waals surface area contributed by atoms with Crippen molar-refractivity contribution >= 4 is 58.0 Å². The van der Waals surface area contributed by atoms with Crippen LogP contribution in [0.3, 0.4) is 0 Å². The van der Waals surface area contributed by atoms with Crippen LogP contribution in [0.1, 0.15) is 11.6 Å². The number of rotatable bonds is 4. The summed E-state index contributed by atoms with van der Waals surface area (Å²) < 4.78 is 5.26. The van der Waals surface area contributed by atoms with Crippen LogP contribution >= 0.6 is 34.8 Å². The SMILES string of the molecule is COc1cc([C@@H]2[C@@H]3C(=O)N(c4ccc(Cl)c(Cl)c4)C(=O)[C@H]3ON2c2ccc(Cl)cc2)ccc1O. The predicted molar refractivity (Wildman–Crippen MR) is 129 cm³/mol. The van der Waals surface area contributed by atoms with E-state index in [0.29, 0.717) is 27.0 Å². The third-order valence-electron chi connectivity index (χ3n) is 5.90. The van der Waals surface area contributed by atoms with Crippen LogP contribution in [0.15, 0.2) is 60.7 Å². The van der Waals surface area contributed by atoms with Crippen molar-refractivity contribution in [3.63, 3.8) is 0 Å². The number of hydroxylamine groups is 1. The lowest BCUT2D eigenvalue weighted by molar-refractivity contribution is -0.126. The monoisotopic (exact) mass is 518 g/mol. The van der Waals surface area contributed by atoms with E-state index in [2.05, 4.69) is 0 Å². The van der Waals surface area contributed by atoms with E-state index in [4.69, 9.17) is 44.4 Å². The number of benzene rings is 3. The minimum absolute atomic E-state index is 0.0500. The molecule has 34 heavy (non-hydrogen) atoms. The van der Waals surface area contributed by atoms with Gasteiger partial charge in [-0.1, -0.05) is 40.9 Å². The molecule has 3 atom stereocenters. The van der Waals surface area contributed by atoms with Crippen LogP contribution in [0.5, 0.6) is 11.5 Å². The number of hydrogen-bond acceptors (Lipinski definition) is 6. The third kappa shape index (κ3) is 3.65. The molecule has 7 nitrogen and oxygen atoms in total. The fourth-order valence-electron chi connectivity index (χ4n) is 4.32. The van der Waals surface area contributed by atoms with E-state index in [1.807, 2.05) is 0 Å². The average Bonchev–Trinajstić information content (AvgIpc) is 3.33. The summed E-state index contributed by atoms with van der Waals surface area (Å²) in [6, 6.07) is 15.5. The number of amides is 2. The van der Waals surface area contributed by atoms with E-state index in [0.717, 1.165) is 4.90 Å². The molecule has 0 aliphatic carbocycles. The summed E-state index contributed by atoms with van der Waals surface area (Å²) >= 11 is 18.2. The second kappa shape index (κ2) is 8.67. The summed E-state index contributed by atoms with van der Waals surface area (Å²) in [5, 5.41) is 12.7. The summed E-state index contributed by atoms with van der Waals surface area (Å²) in [5.74, 6) is -1.64. The third-order valence-corrected chi connectivity index (χ3v) is 6.89. The van der Waals surface area contributed by atoms with Crippen molar-refractivity contribution in [2.75, 3.05) is 17.1 Å². The van der Waals surface area contributed by atoms with Gasteiger partial charge in [0.1, 0.15) is 5.92 Å². The zero-order valence-electron chi connectivity index (χ0n) is 17.6. The molecule has 0 saturated carbocycles. The Morgan fingerprint density at radius 2 is 1.59 bits per heavy atom. The van der Waals surface area contributed by atoms with Gasteiger partial charge in [-0.05, 0) is 60.2 Å². The van der Waals surface area contributed by atoms with Crippen molar-refractivity contribution in [3.8, 4) is 11.5 Å². The van der Waals surface area contributed by atoms with Gasteiger partial charge < -0.3 is 9.84 Å². The number of methoxy groups -OCH3 is 1. The van der Waals surface area contributed by atoms with Gasteiger partial charge in [0.15, 0.2) is 17.6 Å². The Balaban J connectivity index is 1.60. The van der Waals surface area contributed by atoms with Crippen molar-refractivity contribution in [3.05, 3.63) is 81.3 Å². The molecule has 2 heterocycles. The Hall–Kier alpha value is -2.97. The van der Waals surface area contributed by atoms with Gasteiger partial charge >= 0.3 is 0 Å². The van der Waals surface area contributed by atoms with Gasteiger partial charge in [-0.25, -0.2) is 9.96 Å². The molecule has 0 unspecified atom stereocenters. The van der Waals surface area contributed by atoms with E-state index < -0.39 is 29.9 Å². The number of phenols is 1. The van der Waals surface area contributed by atoms with E-state index in [9.17, 15) is 14.7 Å². The molecule has 10 heteroatoms. The normalized spacial score (nSPS) is 21.8. The fourth-order valence-corrected chi connectivity index (χ4v) is 4.74. The summed E-state index contributed by atoms with van der Waals surface area (Å²) in [6.07, 6.45) is -1.07. The molecule has 2 fully saturated rings. The molecule has 3 aromatic rings. The first-order valence-corrected chi connectivity index (χ1v) is 11.3. The number of fused-ring (bicyclic) bond motifs is 1. The standard InChI is InChI=1S/C24H17Cl3N2O5/c1-33-19-10-12(2-9-18(19)30)21-20-22(34-29(21)14-5-3-13(25)4-6-14)24(32)28(23(20)31)15-7-8-16(26)17(27)11-15/h2-11,20-22,30H,1H3/t20-,21+,22-/m0/s1. The van der Waals surface area contributed by atoms with Gasteiger partial charge in [-0.2, -0.15) is 0 Å². The van der Waals surface area contributed by atoms with Crippen LogP contribution in [-0.4, -0.2) is 30.1 Å². The number of phenolic OH excluding ortho intramolecular Hbond substituents is 1. The maximum Gasteiger partial charge on any atom is 0.266 e. The Morgan fingerprint density at radius 1 is 0.882 bits per heavy atom. The number of anilines is 2. The minimum Gasteiger partial charge on any atom is -0.504 e. The quantitative estimate of drug-likeness (QED) is 0.464. The first-order valence-electron chi connectivity index (χ1n) is 10.2. The summed E-state index contributed by atoms with van der Waals surface area (Å²) in [6.45, 7) is 0. The van der Waals surface area contributed by atoms with E-state index in [1.54, 1.807) is 42.5 Å².